The van der Waals surface area contributed by atoms with Crippen LogP contribution in [0.25, 0.3) is 0 Å². The summed E-state index contributed by atoms with van der Waals surface area (Å²) in [5.74, 6) is 1.71. The maximum Gasteiger partial charge on any atom is 0.287 e. The first-order valence-corrected chi connectivity index (χ1v) is 7.57. The van der Waals surface area contributed by atoms with Gasteiger partial charge in [-0.05, 0) is 51.7 Å². The Labute approximate surface area is 137 Å². The van der Waals surface area contributed by atoms with Crippen molar-refractivity contribution in [2.24, 2.45) is 0 Å². The highest BCUT2D eigenvalue weighted by atomic mass is 16.5. The van der Waals surface area contributed by atoms with Gasteiger partial charge in [0.05, 0.1) is 13.2 Å². The van der Waals surface area contributed by atoms with Crippen LogP contribution in [0.2, 0.25) is 0 Å². The maximum absolute atomic E-state index is 12.5. The maximum atomic E-state index is 12.5. The minimum Gasteiger partial charge on any atom is -0.497 e. The number of carbonyl (C=O) groups is 1. The number of rotatable bonds is 6. The number of nitrogens with zero attached hydrogens (tertiary/aromatic N) is 1. The number of hydrogen-bond acceptors (Lipinski definition) is 4. The molecule has 0 saturated carbocycles. The molecule has 5 heteroatoms. The molecule has 0 bridgehead atoms. The molecule has 0 fully saturated rings. The van der Waals surface area contributed by atoms with Gasteiger partial charge in [-0.25, -0.2) is 0 Å². The summed E-state index contributed by atoms with van der Waals surface area (Å²) >= 11 is 0. The van der Waals surface area contributed by atoms with Gasteiger partial charge in [0, 0.05) is 12.1 Å². The first-order chi connectivity index (χ1) is 10.9. The topological polar surface area (TPSA) is 54.7 Å². The van der Waals surface area contributed by atoms with E-state index in [0.717, 1.165) is 22.6 Å². The fourth-order valence-electron chi connectivity index (χ4n) is 2.53. The molecular formula is C18H24N2O3. The zero-order chi connectivity index (χ0) is 17.0. The van der Waals surface area contributed by atoms with E-state index in [4.69, 9.17) is 9.15 Å². The standard InChI is InChI=1S/C18H24N2O3/c1-12-10-13(2)23-17(12)18(21)19-16(11-20(3)4)14-6-8-15(22-5)9-7-14/h6-10,16H,11H2,1-5H3,(H,19,21)/t16-/m0/s1. The molecule has 0 saturated heterocycles. The molecule has 0 aliphatic rings. The van der Waals surface area contributed by atoms with Crippen molar-refractivity contribution >= 4 is 5.91 Å². The summed E-state index contributed by atoms with van der Waals surface area (Å²) in [6.45, 7) is 4.40. The van der Waals surface area contributed by atoms with Crippen LogP contribution in [0.1, 0.15) is 33.5 Å². The summed E-state index contributed by atoms with van der Waals surface area (Å²) in [5, 5.41) is 3.06. The number of nitrogens with one attached hydrogen (secondary N) is 1. The van der Waals surface area contributed by atoms with Crippen molar-refractivity contribution in [1.29, 1.82) is 0 Å². The van der Waals surface area contributed by atoms with Crippen LogP contribution < -0.4 is 10.1 Å². The average Bonchev–Trinajstić information content (AvgIpc) is 2.85. The Morgan fingerprint density at radius 2 is 1.91 bits per heavy atom. The van der Waals surface area contributed by atoms with E-state index in [0.29, 0.717) is 12.3 Å². The lowest BCUT2D eigenvalue weighted by Gasteiger charge is -2.22. The molecule has 0 aliphatic heterocycles. The predicted molar refractivity (Wildman–Crippen MR) is 89.9 cm³/mol. The molecule has 1 N–H and O–H groups in total. The lowest BCUT2D eigenvalue weighted by Crippen LogP contribution is -2.35. The van der Waals surface area contributed by atoms with Crippen molar-refractivity contribution in [3.63, 3.8) is 0 Å². The van der Waals surface area contributed by atoms with Crippen molar-refractivity contribution in [1.82, 2.24) is 10.2 Å². The van der Waals surface area contributed by atoms with Gasteiger partial charge in [-0.3, -0.25) is 4.79 Å². The molecule has 0 radical (unpaired) electrons. The molecule has 1 aromatic heterocycles. The van der Waals surface area contributed by atoms with Crippen LogP contribution in [0.4, 0.5) is 0 Å². The molecule has 0 spiro atoms. The fourth-order valence-corrected chi connectivity index (χ4v) is 2.53. The third-order valence-electron chi connectivity index (χ3n) is 3.62. The number of likely N-dealkylation sites (N-methyl/N-ethyl adjacent to an activating group) is 1. The van der Waals surface area contributed by atoms with Crippen molar-refractivity contribution in [2.45, 2.75) is 19.9 Å². The van der Waals surface area contributed by atoms with Gasteiger partial charge in [-0.1, -0.05) is 12.1 Å². The predicted octanol–water partition coefficient (Wildman–Crippen LogP) is 2.94. The molecule has 2 rings (SSSR count). The van der Waals surface area contributed by atoms with Gasteiger partial charge in [0.15, 0.2) is 5.76 Å². The van der Waals surface area contributed by atoms with E-state index in [1.165, 1.54) is 0 Å². The number of aryl methyl sites for hydroxylation is 2. The van der Waals surface area contributed by atoms with E-state index in [9.17, 15) is 4.79 Å². The van der Waals surface area contributed by atoms with Crippen molar-refractivity contribution in [3.05, 3.63) is 53.0 Å². The third-order valence-corrected chi connectivity index (χ3v) is 3.62. The minimum atomic E-state index is -0.196. The van der Waals surface area contributed by atoms with Crippen LogP contribution in [0.15, 0.2) is 34.7 Å². The van der Waals surface area contributed by atoms with Crippen LogP contribution >= 0.6 is 0 Å². The average molecular weight is 316 g/mol. The van der Waals surface area contributed by atoms with E-state index in [2.05, 4.69) is 5.32 Å². The van der Waals surface area contributed by atoms with Gasteiger partial charge >= 0.3 is 0 Å². The zero-order valence-corrected chi connectivity index (χ0v) is 14.3. The molecular weight excluding hydrogens is 292 g/mol. The molecule has 1 atom stereocenters. The lowest BCUT2D eigenvalue weighted by molar-refractivity contribution is 0.0899. The Balaban J connectivity index is 2.20. The van der Waals surface area contributed by atoms with Crippen LogP contribution in [-0.2, 0) is 0 Å². The molecule has 23 heavy (non-hydrogen) atoms. The molecule has 1 aromatic carbocycles. The van der Waals surface area contributed by atoms with E-state index >= 15 is 0 Å². The van der Waals surface area contributed by atoms with Crippen LogP contribution in [-0.4, -0.2) is 38.6 Å². The zero-order valence-electron chi connectivity index (χ0n) is 14.3. The summed E-state index contributed by atoms with van der Waals surface area (Å²) in [5.41, 5.74) is 1.87. The Kier molecular flexibility index (Phi) is 5.45. The molecule has 5 nitrogen and oxygen atoms in total. The molecule has 1 amide bonds. The van der Waals surface area contributed by atoms with Gasteiger partial charge in [0.1, 0.15) is 11.5 Å². The van der Waals surface area contributed by atoms with Gasteiger partial charge in [-0.2, -0.15) is 0 Å². The van der Waals surface area contributed by atoms with E-state index in [1.807, 2.05) is 63.2 Å². The second-order valence-electron chi connectivity index (χ2n) is 5.93. The van der Waals surface area contributed by atoms with Gasteiger partial charge < -0.3 is 19.4 Å². The second kappa shape index (κ2) is 7.33. The van der Waals surface area contributed by atoms with Crippen LogP contribution in [0.5, 0.6) is 5.75 Å². The normalized spacial score (nSPS) is 12.3. The number of carbonyl (C=O) groups excluding carboxylic acids is 1. The fraction of sp³-hybridized carbons (Fsp3) is 0.389. The number of furan rings is 1. The van der Waals surface area contributed by atoms with E-state index in [-0.39, 0.29) is 11.9 Å². The third kappa shape index (κ3) is 4.36. The highest BCUT2D eigenvalue weighted by molar-refractivity contribution is 5.93. The van der Waals surface area contributed by atoms with E-state index < -0.39 is 0 Å². The number of methoxy groups -OCH3 is 1. The smallest absolute Gasteiger partial charge is 0.287 e. The van der Waals surface area contributed by atoms with Gasteiger partial charge in [0.2, 0.25) is 0 Å². The number of hydrogen-bond donors (Lipinski definition) is 1. The Bertz CT molecular complexity index is 659. The summed E-state index contributed by atoms with van der Waals surface area (Å²) in [7, 11) is 5.59. The number of benzene rings is 1. The Morgan fingerprint density at radius 3 is 2.39 bits per heavy atom. The summed E-state index contributed by atoms with van der Waals surface area (Å²) in [4.78, 5) is 14.6. The van der Waals surface area contributed by atoms with Crippen molar-refractivity contribution in [2.75, 3.05) is 27.7 Å². The van der Waals surface area contributed by atoms with Crippen molar-refractivity contribution in [3.8, 4) is 5.75 Å². The number of amides is 1. The van der Waals surface area contributed by atoms with Gasteiger partial charge in [-0.15, -0.1) is 0 Å². The molecule has 124 valence electrons. The number of ether oxygens (including phenoxy) is 1. The summed E-state index contributed by atoms with van der Waals surface area (Å²) in [6.07, 6.45) is 0. The SMILES string of the molecule is COc1ccc([C@H](CN(C)C)NC(=O)c2oc(C)cc2C)cc1. The minimum absolute atomic E-state index is 0.131. The molecule has 1 heterocycles. The lowest BCUT2D eigenvalue weighted by atomic mass is 10.1. The first kappa shape index (κ1) is 17.1. The Hall–Kier alpha value is -2.27. The highest BCUT2D eigenvalue weighted by Gasteiger charge is 2.20. The summed E-state index contributed by atoms with van der Waals surface area (Å²) < 4.78 is 10.7. The highest BCUT2D eigenvalue weighted by Crippen LogP contribution is 2.20. The van der Waals surface area contributed by atoms with Crippen LogP contribution in [0.3, 0.4) is 0 Å². The quantitative estimate of drug-likeness (QED) is 0.890. The van der Waals surface area contributed by atoms with E-state index in [1.54, 1.807) is 7.11 Å². The molecule has 0 unspecified atom stereocenters. The van der Waals surface area contributed by atoms with Crippen LogP contribution in [0, 0.1) is 13.8 Å². The Morgan fingerprint density at radius 1 is 1.26 bits per heavy atom. The monoisotopic (exact) mass is 316 g/mol. The molecule has 0 aliphatic carbocycles. The summed E-state index contributed by atoms with van der Waals surface area (Å²) in [6, 6.07) is 9.46. The largest absolute Gasteiger partial charge is 0.497 e. The molecule has 2 aromatic rings. The second-order valence-corrected chi connectivity index (χ2v) is 5.93. The van der Waals surface area contributed by atoms with Gasteiger partial charge in [0.25, 0.3) is 5.91 Å². The van der Waals surface area contributed by atoms with Crippen molar-refractivity contribution < 1.29 is 13.9 Å². The first-order valence-electron chi connectivity index (χ1n) is 7.57.